The average molecular weight is 289 g/mol. The zero-order valence-electron chi connectivity index (χ0n) is 11.5. The number of carbonyl (C=O) groups excluding carboxylic acids is 1. The molecule has 106 valence electrons. The Morgan fingerprint density at radius 3 is 2.80 bits per heavy atom. The van der Waals surface area contributed by atoms with Crippen molar-refractivity contribution in [3.05, 3.63) is 52.5 Å². The molecule has 0 fully saturated rings. The maximum Gasteiger partial charge on any atom is 0.224 e. The summed E-state index contributed by atoms with van der Waals surface area (Å²) in [4.78, 5) is 16.3. The number of aromatic nitrogens is 1. The number of benzene rings is 1. The van der Waals surface area contributed by atoms with Crippen molar-refractivity contribution in [2.75, 3.05) is 6.54 Å². The van der Waals surface area contributed by atoms with Gasteiger partial charge in [-0.15, -0.1) is 11.3 Å². The minimum atomic E-state index is -0.282. The molecule has 0 radical (unpaired) electrons. The van der Waals surface area contributed by atoms with Gasteiger partial charge in [0.25, 0.3) is 0 Å². The van der Waals surface area contributed by atoms with Crippen LogP contribution in [0.1, 0.15) is 24.2 Å². The van der Waals surface area contributed by atoms with Crippen molar-refractivity contribution < 1.29 is 4.79 Å². The summed E-state index contributed by atoms with van der Waals surface area (Å²) < 4.78 is 0. The van der Waals surface area contributed by atoms with Crippen LogP contribution >= 0.6 is 11.3 Å². The Hall–Kier alpha value is -1.72. The number of hydrogen-bond acceptors (Lipinski definition) is 4. The predicted octanol–water partition coefficient (Wildman–Crippen LogP) is 2.14. The summed E-state index contributed by atoms with van der Waals surface area (Å²) in [6, 6.07) is 9.42. The van der Waals surface area contributed by atoms with Gasteiger partial charge >= 0.3 is 0 Å². The number of hydrogen-bond donors (Lipinski definition) is 2. The van der Waals surface area contributed by atoms with Gasteiger partial charge in [0.2, 0.25) is 5.91 Å². The molecular formula is C15H19N3OS. The topological polar surface area (TPSA) is 68.0 Å². The Morgan fingerprint density at radius 2 is 2.15 bits per heavy atom. The Balaban J connectivity index is 1.82. The van der Waals surface area contributed by atoms with Crippen molar-refractivity contribution >= 4 is 17.2 Å². The van der Waals surface area contributed by atoms with E-state index in [0.29, 0.717) is 6.54 Å². The molecule has 1 amide bonds. The Kier molecular flexibility index (Phi) is 5.26. The van der Waals surface area contributed by atoms with E-state index in [1.165, 1.54) is 0 Å². The maximum atomic E-state index is 12.1. The Labute approximate surface area is 123 Å². The van der Waals surface area contributed by atoms with Crippen LogP contribution in [0, 0.1) is 5.92 Å². The van der Waals surface area contributed by atoms with Crippen LogP contribution in [0.2, 0.25) is 0 Å². The van der Waals surface area contributed by atoms with Crippen molar-refractivity contribution in [3.63, 3.8) is 0 Å². The van der Waals surface area contributed by atoms with Crippen LogP contribution in [0.5, 0.6) is 0 Å². The summed E-state index contributed by atoms with van der Waals surface area (Å²) in [5.74, 6) is -0.274. The molecule has 0 bridgehead atoms. The quantitative estimate of drug-likeness (QED) is 0.856. The highest BCUT2D eigenvalue weighted by Crippen LogP contribution is 2.18. The smallest absolute Gasteiger partial charge is 0.224 e. The van der Waals surface area contributed by atoms with E-state index in [2.05, 4.69) is 10.3 Å². The van der Waals surface area contributed by atoms with Crippen molar-refractivity contribution in [2.24, 2.45) is 11.7 Å². The molecule has 4 nitrogen and oxygen atoms in total. The molecule has 0 aliphatic heterocycles. The molecular weight excluding hydrogens is 270 g/mol. The molecule has 0 spiro atoms. The third-order valence-corrected chi connectivity index (χ3v) is 3.94. The van der Waals surface area contributed by atoms with Gasteiger partial charge in [-0.05, 0) is 5.56 Å². The lowest BCUT2D eigenvalue weighted by atomic mass is 9.94. The molecule has 0 saturated heterocycles. The third kappa shape index (κ3) is 3.88. The Bertz CT molecular complexity index is 527. The van der Waals surface area contributed by atoms with Gasteiger partial charge in [0.1, 0.15) is 0 Å². The molecule has 1 heterocycles. The van der Waals surface area contributed by atoms with Crippen molar-refractivity contribution in [1.29, 1.82) is 0 Å². The number of thiazole rings is 1. The highest BCUT2D eigenvalue weighted by Gasteiger charge is 2.21. The van der Waals surface area contributed by atoms with E-state index in [1.54, 1.807) is 16.8 Å². The highest BCUT2D eigenvalue weighted by atomic mass is 32.1. The lowest BCUT2D eigenvalue weighted by Gasteiger charge is -2.19. The second-order valence-corrected chi connectivity index (χ2v) is 5.46. The van der Waals surface area contributed by atoms with Gasteiger partial charge < -0.3 is 11.1 Å². The summed E-state index contributed by atoms with van der Waals surface area (Å²) in [5.41, 5.74) is 9.92. The summed E-state index contributed by atoms with van der Waals surface area (Å²) in [6.07, 6.45) is 0.753. The molecule has 2 unspecified atom stereocenters. The average Bonchev–Trinajstić information content (AvgIpc) is 2.99. The van der Waals surface area contributed by atoms with E-state index in [4.69, 9.17) is 5.73 Å². The van der Waals surface area contributed by atoms with Gasteiger partial charge in [-0.2, -0.15) is 0 Å². The van der Waals surface area contributed by atoms with Crippen LogP contribution in [0.25, 0.3) is 0 Å². The van der Waals surface area contributed by atoms with Crippen LogP contribution in [0.15, 0.2) is 41.2 Å². The molecule has 1 aromatic carbocycles. The summed E-state index contributed by atoms with van der Waals surface area (Å²) in [7, 11) is 0. The fraction of sp³-hybridized carbons (Fsp3) is 0.333. The van der Waals surface area contributed by atoms with Gasteiger partial charge in [0, 0.05) is 24.4 Å². The molecule has 0 saturated carbocycles. The molecule has 2 atom stereocenters. The molecule has 3 N–H and O–H groups in total. The van der Waals surface area contributed by atoms with E-state index in [9.17, 15) is 4.79 Å². The van der Waals surface area contributed by atoms with Gasteiger partial charge in [-0.25, -0.2) is 4.98 Å². The number of nitrogens with two attached hydrogens (primary N) is 1. The lowest BCUT2D eigenvalue weighted by molar-refractivity contribution is -0.125. The monoisotopic (exact) mass is 289 g/mol. The number of nitrogens with one attached hydrogen (secondary N) is 1. The SMILES string of the molecule is CC(C(=O)NCCc1cscn1)C(N)c1ccccc1. The first-order valence-electron chi connectivity index (χ1n) is 6.64. The number of amides is 1. The van der Waals surface area contributed by atoms with Crippen molar-refractivity contribution in [3.8, 4) is 0 Å². The van der Waals surface area contributed by atoms with Gasteiger partial charge in [-0.1, -0.05) is 37.3 Å². The zero-order chi connectivity index (χ0) is 14.4. The van der Waals surface area contributed by atoms with Crippen LogP contribution < -0.4 is 11.1 Å². The van der Waals surface area contributed by atoms with Crippen LogP contribution in [0.3, 0.4) is 0 Å². The molecule has 0 aliphatic rings. The summed E-state index contributed by atoms with van der Waals surface area (Å²) >= 11 is 1.56. The molecule has 2 aromatic rings. The van der Waals surface area contributed by atoms with E-state index >= 15 is 0 Å². The lowest BCUT2D eigenvalue weighted by Crippen LogP contribution is -2.36. The van der Waals surface area contributed by atoms with Gasteiger partial charge in [0.15, 0.2) is 0 Å². The summed E-state index contributed by atoms with van der Waals surface area (Å²) in [6.45, 7) is 2.45. The largest absolute Gasteiger partial charge is 0.355 e. The fourth-order valence-electron chi connectivity index (χ4n) is 1.96. The van der Waals surface area contributed by atoms with Crippen molar-refractivity contribution in [2.45, 2.75) is 19.4 Å². The minimum absolute atomic E-state index is 0.0171. The van der Waals surface area contributed by atoms with Crippen LogP contribution in [-0.2, 0) is 11.2 Å². The number of carbonyl (C=O) groups is 1. The first-order valence-corrected chi connectivity index (χ1v) is 7.58. The normalized spacial score (nSPS) is 13.7. The van der Waals surface area contributed by atoms with E-state index in [0.717, 1.165) is 17.7 Å². The minimum Gasteiger partial charge on any atom is -0.355 e. The highest BCUT2D eigenvalue weighted by molar-refractivity contribution is 7.07. The standard InChI is InChI=1S/C15H19N3OS/c1-11(14(16)12-5-3-2-4-6-12)15(19)17-8-7-13-9-20-10-18-13/h2-6,9-11,14H,7-8,16H2,1H3,(H,17,19). The molecule has 20 heavy (non-hydrogen) atoms. The van der Waals surface area contributed by atoms with E-state index in [1.807, 2.05) is 42.6 Å². The van der Waals surface area contributed by atoms with Gasteiger partial charge in [-0.3, -0.25) is 4.79 Å². The number of nitrogens with zero attached hydrogens (tertiary/aromatic N) is 1. The maximum absolute atomic E-state index is 12.1. The van der Waals surface area contributed by atoms with Gasteiger partial charge in [0.05, 0.1) is 17.1 Å². The number of rotatable bonds is 6. The second-order valence-electron chi connectivity index (χ2n) is 4.75. The molecule has 2 rings (SSSR count). The molecule has 0 aliphatic carbocycles. The first kappa shape index (κ1) is 14.7. The van der Waals surface area contributed by atoms with E-state index < -0.39 is 0 Å². The molecule has 5 heteroatoms. The van der Waals surface area contributed by atoms with Crippen molar-refractivity contribution in [1.82, 2.24) is 10.3 Å². The second kappa shape index (κ2) is 7.17. The summed E-state index contributed by atoms with van der Waals surface area (Å²) in [5, 5.41) is 4.91. The van der Waals surface area contributed by atoms with E-state index in [-0.39, 0.29) is 17.9 Å². The van der Waals surface area contributed by atoms with Crippen LogP contribution in [0.4, 0.5) is 0 Å². The Morgan fingerprint density at radius 1 is 1.40 bits per heavy atom. The first-order chi connectivity index (χ1) is 9.68. The van der Waals surface area contributed by atoms with Crippen LogP contribution in [-0.4, -0.2) is 17.4 Å². The molecule has 1 aromatic heterocycles. The predicted molar refractivity (Wildman–Crippen MR) is 81.4 cm³/mol. The third-order valence-electron chi connectivity index (χ3n) is 3.30. The fourth-order valence-corrected chi connectivity index (χ4v) is 2.56. The zero-order valence-corrected chi connectivity index (χ0v) is 12.3.